The second-order valence-electron chi connectivity index (χ2n) is 4.21. The van der Waals surface area contributed by atoms with Crippen LogP contribution in [0.5, 0.6) is 0 Å². The van der Waals surface area contributed by atoms with Gasteiger partial charge in [-0.2, -0.15) is 0 Å². The molecule has 0 atom stereocenters. The summed E-state index contributed by atoms with van der Waals surface area (Å²) in [7, 11) is 0. The van der Waals surface area contributed by atoms with Crippen molar-refractivity contribution in [2.45, 2.75) is 13.5 Å². The number of nitrogens with zero attached hydrogens (tertiary/aromatic N) is 1. The van der Waals surface area contributed by atoms with Gasteiger partial charge in [0.2, 0.25) is 0 Å². The highest BCUT2D eigenvalue weighted by molar-refractivity contribution is 5.94. The smallest absolute Gasteiger partial charge is 0.251 e. The number of aromatic nitrogens is 1. The first-order chi connectivity index (χ1) is 9.20. The van der Waals surface area contributed by atoms with E-state index < -0.39 is 0 Å². The van der Waals surface area contributed by atoms with Crippen molar-refractivity contribution in [3.8, 4) is 0 Å². The first kappa shape index (κ1) is 13.0. The van der Waals surface area contributed by atoms with Gasteiger partial charge in [0.05, 0.1) is 5.69 Å². The number of nitrogen functional groups attached to an aromatic ring is 1. The number of amides is 1. The van der Waals surface area contributed by atoms with Crippen molar-refractivity contribution in [3.63, 3.8) is 0 Å². The largest absolute Gasteiger partial charge is 0.348 e. The minimum atomic E-state index is -0.108. The number of aryl methyl sites for hydroxylation is 1. The number of rotatable bonds is 4. The van der Waals surface area contributed by atoms with Crippen molar-refractivity contribution in [3.05, 3.63) is 59.4 Å². The van der Waals surface area contributed by atoms with E-state index in [1.807, 2.05) is 19.1 Å². The second kappa shape index (κ2) is 5.97. The third-order valence-electron chi connectivity index (χ3n) is 2.85. The Kier molecular flexibility index (Phi) is 4.10. The molecule has 0 aliphatic rings. The molecule has 1 aromatic carbocycles. The molecule has 1 amide bonds. The van der Waals surface area contributed by atoms with Crippen molar-refractivity contribution < 1.29 is 4.79 Å². The number of nitrogens with two attached hydrogens (primary N) is 1. The van der Waals surface area contributed by atoms with Crippen molar-refractivity contribution in [1.29, 1.82) is 0 Å². The highest BCUT2D eigenvalue weighted by atomic mass is 16.1. The fourth-order valence-corrected chi connectivity index (χ4v) is 1.75. The van der Waals surface area contributed by atoms with Gasteiger partial charge in [0, 0.05) is 24.5 Å². The summed E-state index contributed by atoms with van der Waals surface area (Å²) in [4.78, 5) is 15.9. The fraction of sp³-hybridized carbons (Fsp3) is 0.143. The van der Waals surface area contributed by atoms with E-state index in [1.54, 1.807) is 30.6 Å². The Morgan fingerprint density at radius 3 is 2.63 bits per heavy atom. The van der Waals surface area contributed by atoms with Gasteiger partial charge in [0.1, 0.15) is 0 Å². The zero-order chi connectivity index (χ0) is 13.7. The number of benzene rings is 1. The van der Waals surface area contributed by atoms with Gasteiger partial charge in [-0.1, -0.05) is 0 Å². The molecule has 1 aromatic heterocycles. The van der Waals surface area contributed by atoms with E-state index in [2.05, 4.69) is 15.7 Å². The molecular formula is C14H16N4O. The molecule has 0 saturated heterocycles. The Bertz CT molecular complexity index is 569. The molecular weight excluding hydrogens is 240 g/mol. The molecule has 98 valence electrons. The Morgan fingerprint density at radius 1 is 1.26 bits per heavy atom. The van der Waals surface area contributed by atoms with Gasteiger partial charge < -0.3 is 10.7 Å². The van der Waals surface area contributed by atoms with E-state index in [0.29, 0.717) is 12.1 Å². The Morgan fingerprint density at radius 2 is 2.00 bits per heavy atom. The minimum absolute atomic E-state index is 0.108. The molecule has 1 heterocycles. The predicted octanol–water partition coefficient (Wildman–Crippen LogP) is 1.61. The summed E-state index contributed by atoms with van der Waals surface area (Å²) in [5.74, 6) is 5.25. The first-order valence-electron chi connectivity index (χ1n) is 5.95. The number of pyridine rings is 1. The molecule has 0 bridgehead atoms. The minimum Gasteiger partial charge on any atom is -0.348 e. The van der Waals surface area contributed by atoms with Crippen molar-refractivity contribution in [2.24, 2.45) is 5.84 Å². The van der Waals surface area contributed by atoms with Crippen LogP contribution >= 0.6 is 0 Å². The molecule has 19 heavy (non-hydrogen) atoms. The summed E-state index contributed by atoms with van der Waals surface area (Å²) in [6, 6.07) is 9.07. The maximum Gasteiger partial charge on any atom is 0.251 e. The van der Waals surface area contributed by atoms with E-state index in [1.165, 1.54) is 0 Å². The first-order valence-corrected chi connectivity index (χ1v) is 5.95. The van der Waals surface area contributed by atoms with Gasteiger partial charge in [0.15, 0.2) is 0 Å². The van der Waals surface area contributed by atoms with Crippen LogP contribution in [0.1, 0.15) is 21.5 Å². The number of hydrogen-bond donors (Lipinski definition) is 3. The standard InChI is InChI=1S/C14H16N4O/c1-10-8-12(2-3-13(10)18-15)14(19)17-9-11-4-6-16-7-5-11/h2-8,18H,9,15H2,1H3,(H,17,19). The molecule has 0 spiro atoms. The van der Waals surface area contributed by atoms with Crippen molar-refractivity contribution in [1.82, 2.24) is 10.3 Å². The average molecular weight is 256 g/mol. The van der Waals surface area contributed by atoms with Gasteiger partial charge in [-0.25, -0.2) is 0 Å². The highest BCUT2D eigenvalue weighted by Crippen LogP contribution is 2.15. The van der Waals surface area contributed by atoms with E-state index in [0.717, 1.165) is 16.8 Å². The summed E-state index contributed by atoms with van der Waals surface area (Å²) >= 11 is 0. The topological polar surface area (TPSA) is 80.0 Å². The molecule has 2 aromatic rings. The molecule has 0 saturated carbocycles. The third-order valence-corrected chi connectivity index (χ3v) is 2.85. The van der Waals surface area contributed by atoms with Gasteiger partial charge in [-0.05, 0) is 48.4 Å². The van der Waals surface area contributed by atoms with Crippen molar-refractivity contribution >= 4 is 11.6 Å². The van der Waals surface area contributed by atoms with Gasteiger partial charge >= 0.3 is 0 Å². The van der Waals surface area contributed by atoms with Crippen LogP contribution in [0.15, 0.2) is 42.7 Å². The monoisotopic (exact) mass is 256 g/mol. The molecule has 0 aliphatic carbocycles. The second-order valence-corrected chi connectivity index (χ2v) is 4.21. The molecule has 5 nitrogen and oxygen atoms in total. The Labute approximate surface area is 111 Å². The van der Waals surface area contributed by atoms with Gasteiger partial charge in [-0.15, -0.1) is 0 Å². The number of nitrogens with one attached hydrogen (secondary N) is 2. The lowest BCUT2D eigenvalue weighted by Crippen LogP contribution is -2.23. The van der Waals surface area contributed by atoms with Gasteiger partial charge in [-0.3, -0.25) is 15.6 Å². The molecule has 0 radical (unpaired) electrons. The Hall–Kier alpha value is -2.40. The summed E-state index contributed by atoms with van der Waals surface area (Å²) in [6.45, 7) is 2.38. The number of hydrazine groups is 1. The molecule has 0 unspecified atom stereocenters. The zero-order valence-electron chi connectivity index (χ0n) is 10.7. The Balaban J connectivity index is 2.02. The summed E-state index contributed by atoms with van der Waals surface area (Å²) in [5, 5.41) is 2.86. The quantitative estimate of drug-likeness (QED) is 0.573. The number of carbonyl (C=O) groups is 1. The van der Waals surface area contributed by atoms with Crippen molar-refractivity contribution in [2.75, 3.05) is 5.43 Å². The summed E-state index contributed by atoms with van der Waals surface area (Å²) in [6.07, 6.45) is 3.40. The fourth-order valence-electron chi connectivity index (χ4n) is 1.75. The van der Waals surface area contributed by atoms with Gasteiger partial charge in [0.25, 0.3) is 5.91 Å². The third kappa shape index (κ3) is 3.29. The van der Waals surface area contributed by atoms with E-state index in [4.69, 9.17) is 5.84 Å². The van der Waals surface area contributed by atoms with E-state index in [9.17, 15) is 4.79 Å². The van der Waals surface area contributed by atoms with E-state index in [-0.39, 0.29) is 5.91 Å². The molecule has 0 fully saturated rings. The molecule has 4 N–H and O–H groups in total. The number of hydrogen-bond acceptors (Lipinski definition) is 4. The molecule has 5 heteroatoms. The van der Waals surface area contributed by atoms with Crippen LogP contribution in [0.4, 0.5) is 5.69 Å². The lowest BCUT2D eigenvalue weighted by molar-refractivity contribution is 0.0951. The van der Waals surface area contributed by atoms with Crippen LogP contribution in [0.3, 0.4) is 0 Å². The van der Waals surface area contributed by atoms with Crippen LogP contribution in [0, 0.1) is 6.92 Å². The van der Waals surface area contributed by atoms with E-state index >= 15 is 0 Å². The lowest BCUT2D eigenvalue weighted by atomic mass is 10.1. The summed E-state index contributed by atoms with van der Waals surface area (Å²) in [5.41, 5.74) is 5.95. The maximum atomic E-state index is 12.0. The number of carbonyl (C=O) groups excluding carboxylic acids is 1. The zero-order valence-corrected chi connectivity index (χ0v) is 10.7. The van der Waals surface area contributed by atoms with Crippen LogP contribution in [-0.4, -0.2) is 10.9 Å². The number of anilines is 1. The highest BCUT2D eigenvalue weighted by Gasteiger charge is 2.07. The molecule has 0 aliphatic heterocycles. The van der Waals surface area contributed by atoms with Crippen LogP contribution in [0.25, 0.3) is 0 Å². The maximum absolute atomic E-state index is 12.0. The normalized spacial score (nSPS) is 10.0. The predicted molar refractivity (Wildman–Crippen MR) is 74.4 cm³/mol. The SMILES string of the molecule is Cc1cc(C(=O)NCc2ccncc2)ccc1NN. The average Bonchev–Trinajstić information content (AvgIpc) is 2.45. The lowest BCUT2D eigenvalue weighted by Gasteiger charge is -2.08. The van der Waals surface area contributed by atoms with Crippen LogP contribution < -0.4 is 16.6 Å². The van der Waals surface area contributed by atoms with Crippen LogP contribution in [0.2, 0.25) is 0 Å². The molecule has 2 rings (SSSR count). The van der Waals surface area contributed by atoms with Crippen LogP contribution in [-0.2, 0) is 6.54 Å². The summed E-state index contributed by atoms with van der Waals surface area (Å²) < 4.78 is 0.